The highest BCUT2D eigenvalue weighted by molar-refractivity contribution is 7.98. The molecule has 6 nitrogen and oxygen atoms in total. The number of hydrogen-bond acceptors (Lipinski definition) is 6. The van der Waals surface area contributed by atoms with E-state index in [1.54, 1.807) is 18.9 Å². The predicted octanol–water partition coefficient (Wildman–Crippen LogP) is 4.40. The maximum absolute atomic E-state index is 12.6. The van der Waals surface area contributed by atoms with E-state index in [4.69, 9.17) is 14.0 Å². The Morgan fingerprint density at radius 2 is 1.83 bits per heavy atom. The molecule has 1 aromatic heterocycles. The molecule has 0 atom stereocenters. The molecule has 0 spiro atoms. The van der Waals surface area contributed by atoms with Gasteiger partial charge in [0.15, 0.2) is 0 Å². The molecule has 3 rings (SSSR count). The number of thioether (sulfide) groups is 1. The lowest BCUT2D eigenvalue weighted by Crippen LogP contribution is -2.28. The van der Waals surface area contributed by atoms with Gasteiger partial charge in [-0.2, -0.15) is 0 Å². The van der Waals surface area contributed by atoms with Crippen LogP contribution in [0.5, 0.6) is 11.5 Å². The molecule has 3 aromatic rings. The van der Waals surface area contributed by atoms with Gasteiger partial charge < -0.3 is 19.3 Å². The van der Waals surface area contributed by atoms with Crippen molar-refractivity contribution in [2.75, 3.05) is 20.3 Å². The van der Waals surface area contributed by atoms with Crippen LogP contribution in [0.3, 0.4) is 0 Å². The number of ether oxygens (including phenoxy) is 2. The van der Waals surface area contributed by atoms with Gasteiger partial charge in [0.2, 0.25) is 0 Å². The quantitative estimate of drug-likeness (QED) is 0.415. The van der Waals surface area contributed by atoms with Crippen molar-refractivity contribution in [1.29, 1.82) is 0 Å². The number of nitrogens with zero attached hydrogens (tertiary/aromatic N) is 1. The SMILES string of the molecule is COc1ccc(OCCNC(=O)c2ccccc2SCc2c(C)noc2C)cc1. The van der Waals surface area contributed by atoms with Crippen molar-refractivity contribution in [2.45, 2.75) is 24.5 Å². The fraction of sp³-hybridized carbons (Fsp3) is 0.273. The summed E-state index contributed by atoms with van der Waals surface area (Å²) in [6.07, 6.45) is 0. The molecule has 0 saturated heterocycles. The zero-order valence-corrected chi connectivity index (χ0v) is 17.5. The first kappa shape index (κ1) is 20.8. The van der Waals surface area contributed by atoms with Gasteiger partial charge >= 0.3 is 0 Å². The lowest BCUT2D eigenvalue weighted by molar-refractivity contribution is 0.0944. The van der Waals surface area contributed by atoms with Crippen molar-refractivity contribution in [1.82, 2.24) is 10.5 Å². The summed E-state index contributed by atoms with van der Waals surface area (Å²) in [5.41, 5.74) is 2.60. The number of aryl methyl sites for hydroxylation is 2. The number of amides is 1. The second-order valence-electron chi connectivity index (χ2n) is 6.37. The molecule has 152 valence electrons. The van der Waals surface area contributed by atoms with Crippen LogP contribution in [-0.2, 0) is 5.75 Å². The van der Waals surface area contributed by atoms with Crippen LogP contribution in [0.25, 0.3) is 0 Å². The Hall–Kier alpha value is -2.93. The molecule has 0 saturated carbocycles. The number of aromatic nitrogens is 1. The summed E-state index contributed by atoms with van der Waals surface area (Å²) in [7, 11) is 1.62. The van der Waals surface area contributed by atoms with Crippen LogP contribution in [0.4, 0.5) is 0 Å². The molecule has 0 fully saturated rings. The van der Waals surface area contributed by atoms with E-state index in [9.17, 15) is 4.79 Å². The van der Waals surface area contributed by atoms with E-state index < -0.39 is 0 Å². The van der Waals surface area contributed by atoms with Gasteiger partial charge in [0.1, 0.15) is 23.9 Å². The molecule has 2 aromatic carbocycles. The van der Waals surface area contributed by atoms with Crippen LogP contribution >= 0.6 is 11.8 Å². The minimum absolute atomic E-state index is 0.120. The first-order valence-corrected chi connectivity index (χ1v) is 10.3. The zero-order chi connectivity index (χ0) is 20.6. The van der Waals surface area contributed by atoms with E-state index in [1.807, 2.05) is 62.4 Å². The van der Waals surface area contributed by atoms with E-state index in [1.165, 1.54) is 0 Å². The largest absolute Gasteiger partial charge is 0.497 e. The van der Waals surface area contributed by atoms with Gasteiger partial charge in [-0.3, -0.25) is 4.79 Å². The highest BCUT2D eigenvalue weighted by Gasteiger charge is 2.14. The Morgan fingerprint density at radius 1 is 1.10 bits per heavy atom. The molecule has 0 unspecified atom stereocenters. The van der Waals surface area contributed by atoms with E-state index in [0.717, 1.165) is 33.4 Å². The third-order valence-corrected chi connectivity index (χ3v) is 5.50. The van der Waals surface area contributed by atoms with Crippen LogP contribution < -0.4 is 14.8 Å². The number of nitrogens with one attached hydrogen (secondary N) is 1. The Bertz CT molecular complexity index is 934. The third kappa shape index (κ3) is 5.54. The van der Waals surface area contributed by atoms with Crippen molar-refractivity contribution >= 4 is 17.7 Å². The van der Waals surface area contributed by atoms with Gasteiger partial charge in [-0.05, 0) is 50.2 Å². The minimum Gasteiger partial charge on any atom is -0.497 e. The van der Waals surface area contributed by atoms with Crippen LogP contribution in [0, 0.1) is 13.8 Å². The van der Waals surface area contributed by atoms with Gasteiger partial charge in [0, 0.05) is 16.2 Å². The minimum atomic E-state index is -0.120. The summed E-state index contributed by atoms with van der Waals surface area (Å²) >= 11 is 1.60. The molecular formula is C22H24N2O4S. The summed E-state index contributed by atoms with van der Waals surface area (Å²) in [5.74, 6) is 2.90. The lowest BCUT2D eigenvalue weighted by Gasteiger charge is -2.11. The Labute approximate surface area is 174 Å². The smallest absolute Gasteiger partial charge is 0.252 e. The van der Waals surface area contributed by atoms with Crippen molar-refractivity contribution < 1.29 is 18.8 Å². The standard InChI is InChI=1S/C22H24N2O4S/c1-15-20(16(2)28-24-15)14-29-21-7-5-4-6-19(21)22(25)23-12-13-27-18-10-8-17(26-3)9-11-18/h4-11H,12-14H2,1-3H3,(H,23,25). The van der Waals surface area contributed by atoms with Gasteiger partial charge in [-0.1, -0.05) is 17.3 Å². The van der Waals surface area contributed by atoms with Crippen LogP contribution in [0.15, 0.2) is 57.9 Å². The number of carbonyl (C=O) groups excluding carboxylic acids is 1. The van der Waals surface area contributed by atoms with E-state index in [2.05, 4.69) is 10.5 Å². The molecule has 1 heterocycles. The summed E-state index contributed by atoms with van der Waals surface area (Å²) < 4.78 is 16.0. The van der Waals surface area contributed by atoms with Gasteiger partial charge in [0.05, 0.1) is 24.9 Å². The average Bonchev–Trinajstić information content (AvgIpc) is 3.07. The zero-order valence-electron chi connectivity index (χ0n) is 16.7. The van der Waals surface area contributed by atoms with E-state index in [0.29, 0.717) is 24.5 Å². The number of hydrogen-bond donors (Lipinski definition) is 1. The summed E-state index contributed by atoms with van der Waals surface area (Å²) in [5, 5.41) is 6.90. The van der Waals surface area contributed by atoms with Crippen molar-refractivity contribution in [3.8, 4) is 11.5 Å². The highest BCUT2D eigenvalue weighted by Crippen LogP contribution is 2.28. The summed E-state index contributed by atoms with van der Waals surface area (Å²) in [6.45, 7) is 4.62. The molecule has 0 aliphatic carbocycles. The predicted molar refractivity (Wildman–Crippen MR) is 113 cm³/mol. The topological polar surface area (TPSA) is 73.6 Å². The van der Waals surface area contributed by atoms with Crippen LogP contribution in [-0.4, -0.2) is 31.3 Å². The first-order chi connectivity index (χ1) is 14.1. The molecular weight excluding hydrogens is 388 g/mol. The fourth-order valence-corrected chi connectivity index (χ4v) is 3.94. The second kappa shape index (κ2) is 10.0. The maximum atomic E-state index is 12.6. The lowest BCUT2D eigenvalue weighted by atomic mass is 10.2. The monoisotopic (exact) mass is 412 g/mol. The molecule has 0 aliphatic rings. The molecule has 0 bridgehead atoms. The highest BCUT2D eigenvalue weighted by atomic mass is 32.2. The van der Waals surface area contributed by atoms with Gasteiger partial charge in [-0.25, -0.2) is 0 Å². The Kier molecular flexibility index (Phi) is 7.19. The number of methoxy groups -OCH3 is 1. The first-order valence-electron chi connectivity index (χ1n) is 9.27. The summed E-state index contributed by atoms with van der Waals surface area (Å²) in [4.78, 5) is 13.5. The van der Waals surface area contributed by atoms with Crippen molar-refractivity contribution in [3.63, 3.8) is 0 Å². The van der Waals surface area contributed by atoms with E-state index >= 15 is 0 Å². The van der Waals surface area contributed by atoms with E-state index in [-0.39, 0.29) is 5.91 Å². The number of carbonyl (C=O) groups is 1. The van der Waals surface area contributed by atoms with Gasteiger partial charge in [0.25, 0.3) is 5.91 Å². The fourth-order valence-electron chi connectivity index (χ4n) is 2.74. The summed E-state index contributed by atoms with van der Waals surface area (Å²) in [6, 6.07) is 14.9. The second-order valence-corrected chi connectivity index (χ2v) is 7.38. The molecule has 1 amide bonds. The van der Waals surface area contributed by atoms with Crippen molar-refractivity contribution in [3.05, 3.63) is 71.1 Å². The van der Waals surface area contributed by atoms with Crippen LogP contribution in [0.2, 0.25) is 0 Å². The van der Waals surface area contributed by atoms with Gasteiger partial charge in [-0.15, -0.1) is 11.8 Å². The molecule has 29 heavy (non-hydrogen) atoms. The normalized spacial score (nSPS) is 10.6. The molecule has 0 radical (unpaired) electrons. The van der Waals surface area contributed by atoms with Crippen molar-refractivity contribution in [2.24, 2.45) is 0 Å². The molecule has 7 heteroatoms. The Balaban J connectivity index is 1.52. The number of rotatable bonds is 9. The maximum Gasteiger partial charge on any atom is 0.252 e. The Morgan fingerprint density at radius 3 is 2.52 bits per heavy atom. The molecule has 0 aliphatic heterocycles. The van der Waals surface area contributed by atoms with Crippen LogP contribution in [0.1, 0.15) is 27.4 Å². The third-order valence-electron chi connectivity index (χ3n) is 4.40. The average molecular weight is 413 g/mol. The number of benzene rings is 2. The molecule has 1 N–H and O–H groups in total.